The Balaban J connectivity index is 0.00000338. The van der Waals surface area contributed by atoms with Crippen LogP contribution >= 0.6 is 0 Å². The van der Waals surface area contributed by atoms with E-state index < -0.39 is 52.9 Å². The molecule has 0 bridgehead atoms. The molecule has 0 fully saturated rings. The molecule has 0 amide bonds. The molecule has 12 heteroatoms. The number of aromatic carboxylic acids is 2. The first-order valence-corrected chi connectivity index (χ1v) is 9.33. The van der Waals surface area contributed by atoms with Gasteiger partial charge in [0, 0.05) is 0 Å². The molecule has 0 aliphatic heterocycles. The maximum atomic E-state index is 12.3. The van der Waals surface area contributed by atoms with Gasteiger partial charge in [-0.1, -0.05) is 24.3 Å². The van der Waals surface area contributed by atoms with Crippen LogP contribution in [0.2, 0.25) is 0 Å². The summed E-state index contributed by atoms with van der Waals surface area (Å²) in [5.74, 6) is -3.17. The standard InChI is InChI=1S/C14H10NO8S2.K/c16-13(17)9-5-1-3-7-11(9)24(20,21)15-25(22,23)12-8-4-2-6-10(12)14(18)19;/h1-8H,(H,16,17)(H,18,19);/q-1;+1. The Morgan fingerprint density at radius 2 is 1.00 bits per heavy atom. The smallest absolute Gasteiger partial charge is 0.478 e. The van der Waals surface area contributed by atoms with Gasteiger partial charge >= 0.3 is 63.3 Å². The number of carboxylic acids is 2. The Labute approximate surface area is 191 Å². The van der Waals surface area contributed by atoms with Crippen molar-refractivity contribution in [1.29, 1.82) is 0 Å². The SMILES string of the molecule is O=C(O)c1ccccc1S(=O)(=O)[N-]S(=O)(=O)c1ccccc1C(=O)O.[K+]. The average molecular weight is 423 g/mol. The van der Waals surface area contributed by atoms with Gasteiger partial charge in [0.1, 0.15) is 20.0 Å². The number of carbonyl (C=O) groups is 2. The molecule has 0 spiro atoms. The molecule has 2 aromatic rings. The zero-order chi connectivity index (χ0) is 18.8. The van der Waals surface area contributed by atoms with E-state index in [-0.39, 0.29) is 51.4 Å². The molecule has 0 unspecified atom stereocenters. The maximum Gasteiger partial charge on any atom is 1.00 e. The fraction of sp³-hybridized carbons (Fsp3) is 0. The van der Waals surface area contributed by atoms with Crippen molar-refractivity contribution < 1.29 is 88.0 Å². The predicted molar refractivity (Wildman–Crippen MR) is 84.5 cm³/mol. The van der Waals surface area contributed by atoms with Crippen molar-refractivity contribution in [3.05, 3.63) is 63.8 Å². The summed E-state index contributed by atoms with van der Waals surface area (Å²) in [6.07, 6.45) is 0. The molecular formula is C14H10KNO8S2. The quantitative estimate of drug-likeness (QED) is 0.534. The second-order valence-corrected chi connectivity index (χ2v) is 8.00. The third kappa shape index (κ3) is 4.98. The summed E-state index contributed by atoms with van der Waals surface area (Å²) in [4.78, 5) is 20.6. The molecule has 0 radical (unpaired) electrons. The van der Waals surface area contributed by atoms with E-state index in [1.807, 2.05) is 0 Å². The number of hydrogen-bond acceptors (Lipinski definition) is 6. The fourth-order valence-corrected chi connectivity index (χ4v) is 4.99. The second kappa shape index (κ2) is 8.71. The minimum atomic E-state index is -4.92. The van der Waals surface area contributed by atoms with Crippen LogP contribution in [0.15, 0.2) is 58.3 Å². The Morgan fingerprint density at radius 3 is 1.31 bits per heavy atom. The van der Waals surface area contributed by atoms with Crippen molar-refractivity contribution >= 4 is 32.0 Å². The van der Waals surface area contributed by atoms with Gasteiger partial charge in [0.25, 0.3) is 0 Å². The summed E-state index contributed by atoms with van der Waals surface area (Å²) < 4.78 is 51.9. The van der Waals surface area contributed by atoms with Crippen LogP contribution in [0.25, 0.3) is 4.13 Å². The van der Waals surface area contributed by atoms with E-state index in [1.165, 1.54) is 24.3 Å². The summed E-state index contributed by atoms with van der Waals surface area (Å²) in [5, 5.41) is 18.1. The van der Waals surface area contributed by atoms with Gasteiger partial charge in [0.05, 0.1) is 20.9 Å². The summed E-state index contributed by atoms with van der Waals surface area (Å²) in [6, 6.07) is 8.65. The van der Waals surface area contributed by atoms with Gasteiger partial charge in [-0.2, -0.15) is 0 Å². The molecular weight excluding hydrogens is 413 g/mol. The summed E-state index contributed by atoms with van der Waals surface area (Å²) >= 11 is 0. The van der Waals surface area contributed by atoms with Crippen molar-refractivity contribution in [2.24, 2.45) is 0 Å². The third-order valence-corrected chi connectivity index (χ3v) is 6.38. The number of rotatable bonds is 6. The second-order valence-electron chi connectivity index (χ2n) is 4.63. The first-order chi connectivity index (χ1) is 11.6. The molecule has 0 aliphatic carbocycles. The minimum Gasteiger partial charge on any atom is -0.478 e. The van der Waals surface area contributed by atoms with E-state index in [2.05, 4.69) is 4.13 Å². The number of hydrogen-bond donors (Lipinski definition) is 2. The number of benzene rings is 2. The molecule has 2 rings (SSSR count). The number of nitrogens with zero attached hydrogens (tertiary/aromatic N) is 1. The van der Waals surface area contributed by atoms with E-state index in [0.717, 1.165) is 24.3 Å². The largest absolute Gasteiger partial charge is 1.00 e. The normalized spacial score (nSPS) is 11.4. The van der Waals surface area contributed by atoms with E-state index in [1.54, 1.807) is 0 Å². The third-order valence-electron chi connectivity index (χ3n) is 2.99. The average Bonchev–Trinajstić information content (AvgIpc) is 2.54. The van der Waals surface area contributed by atoms with Crippen LogP contribution < -0.4 is 51.4 Å². The molecule has 2 N–H and O–H groups in total. The van der Waals surface area contributed by atoms with E-state index in [4.69, 9.17) is 10.2 Å². The zero-order valence-electron chi connectivity index (χ0n) is 13.2. The van der Waals surface area contributed by atoms with Crippen LogP contribution in [0.5, 0.6) is 0 Å². The molecule has 0 atom stereocenters. The van der Waals surface area contributed by atoms with E-state index in [0.29, 0.717) is 0 Å². The van der Waals surface area contributed by atoms with E-state index in [9.17, 15) is 26.4 Å². The van der Waals surface area contributed by atoms with Gasteiger partial charge in [0.15, 0.2) is 0 Å². The van der Waals surface area contributed by atoms with Crippen molar-refractivity contribution in [1.82, 2.24) is 0 Å². The van der Waals surface area contributed by atoms with Crippen LogP contribution in [0.4, 0.5) is 0 Å². The monoisotopic (exact) mass is 423 g/mol. The number of sulfonamides is 2. The summed E-state index contributed by atoms with van der Waals surface area (Å²) in [7, 11) is -9.84. The van der Waals surface area contributed by atoms with E-state index >= 15 is 0 Å². The Morgan fingerprint density at radius 1 is 0.692 bits per heavy atom. The fourth-order valence-electron chi connectivity index (χ4n) is 1.95. The minimum absolute atomic E-state index is 0. The first kappa shape index (κ1) is 22.9. The molecule has 132 valence electrons. The van der Waals surface area contributed by atoms with Crippen LogP contribution in [-0.2, 0) is 20.0 Å². The Kier molecular flexibility index (Phi) is 7.68. The van der Waals surface area contributed by atoms with Gasteiger partial charge in [0.2, 0.25) is 0 Å². The van der Waals surface area contributed by atoms with Crippen molar-refractivity contribution in [2.75, 3.05) is 0 Å². The van der Waals surface area contributed by atoms with Gasteiger partial charge in [-0.15, -0.1) is 0 Å². The van der Waals surface area contributed by atoms with Gasteiger partial charge < -0.3 is 14.3 Å². The number of carboxylic acid groups (broad SMARTS) is 2. The molecule has 0 heterocycles. The molecule has 2 aromatic carbocycles. The van der Waals surface area contributed by atoms with Crippen LogP contribution in [0.1, 0.15) is 20.7 Å². The molecule has 0 aliphatic rings. The van der Waals surface area contributed by atoms with Crippen LogP contribution in [-0.4, -0.2) is 39.0 Å². The van der Waals surface area contributed by atoms with Crippen LogP contribution in [0.3, 0.4) is 0 Å². The topological polar surface area (TPSA) is 157 Å². The summed E-state index contributed by atoms with van der Waals surface area (Å²) in [6.45, 7) is 0. The van der Waals surface area contributed by atoms with Crippen molar-refractivity contribution in [3.8, 4) is 0 Å². The maximum absolute atomic E-state index is 12.3. The first-order valence-electron chi connectivity index (χ1n) is 6.45. The van der Waals surface area contributed by atoms with Gasteiger partial charge in [-0.25, -0.2) is 26.4 Å². The Hall–Kier alpha value is -1.12. The zero-order valence-corrected chi connectivity index (χ0v) is 18.0. The molecule has 0 saturated heterocycles. The Bertz CT molecular complexity index is 978. The molecule has 0 aromatic heterocycles. The van der Waals surface area contributed by atoms with Crippen LogP contribution in [0, 0.1) is 0 Å². The van der Waals surface area contributed by atoms with Crippen molar-refractivity contribution in [3.63, 3.8) is 0 Å². The summed E-state index contributed by atoms with van der Waals surface area (Å²) in [5.41, 5.74) is -1.32. The molecule has 0 saturated carbocycles. The molecule has 9 nitrogen and oxygen atoms in total. The molecule has 26 heavy (non-hydrogen) atoms. The predicted octanol–water partition coefficient (Wildman–Crippen LogP) is -1.46. The van der Waals surface area contributed by atoms with Gasteiger partial charge in [-0.05, 0) is 24.3 Å². The van der Waals surface area contributed by atoms with Crippen molar-refractivity contribution in [2.45, 2.75) is 9.79 Å². The van der Waals surface area contributed by atoms with Gasteiger partial charge in [-0.3, -0.25) is 0 Å².